The highest BCUT2D eigenvalue weighted by Gasteiger charge is 2.30. The van der Waals surface area contributed by atoms with Crippen LogP contribution in [-0.4, -0.2) is 34.9 Å². The maximum Gasteiger partial charge on any atom is 0.266 e. The zero-order chi connectivity index (χ0) is 19.9. The SMILES string of the molecule is CCN1C(=O)/C(=C/c2ccc(OCCCOc3ccc(Cl)cc3)cc2)SC1=S. The minimum absolute atomic E-state index is 0.0292. The van der Waals surface area contributed by atoms with Gasteiger partial charge in [0.1, 0.15) is 15.8 Å². The third kappa shape index (κ3) is 5.50. The molecule has 1 saturated heterocycles. The average Bonchev–Trinajstić information content (AvgIpc) is 2.97. The summed E-state index contributed by atoms with van der Waals surface area (Å²) in [6.07, 6.45) is 2.63. The normalized spacial score (nSPS) is 15.4. The van der Waals surface area contributed by atoms with Crippen LogP contribution in [-0.2, 0) is 4.79 Å². The van der Waals surface area contributed by atoms with Crippen LogP contribution in [0.5, 0.6) is 11.5 Å². The Morgan fingerprint density at radius 3 is 2.14 bits per heavy atom. The number of hydrogen-bond donors (Lipinski definition) is 0. The van der Waals surface area contributed by atoms with Crippen LogP contribution in [0, 0.1) is 0 Å². The summed E-state index contributed by atoms with van der Waals surface area (Å²) in [6.45, 7) is 3.64. The topological polar surface area (TPSA) is 38.8 Å². The van der Waals surface area contributed by atoms with Crippen molar-refractivity contribution in [2.24, 2.45) is 0 Å². The molecule has 2 aromatic rings. The Morgan fingerprint density at radius 1 is 1.04 bits per heavy atom. The fourth-order valence-electron chi connectivity index (χ4n) is 2.55. The minimum Gasteiger partial charge on any atom is -0.493 e. The molecule has 146 valence electrons. The number of ether oxygens (including phenoxy) is 2. The quantitative estimate of drug-likeness (QED) is 0.316. The van der Waals surface area contributed by atoms with E-state index in [0.29, 0.717) is 34.0 Å². The maximum absolute atomic E-state index is 12.2. The minimum atomic E-state index is -0.0292. The summed E-state index contributed by atoms with van der Waals surface area (Å²) in [6, 6.07) is 14.9. The number of carbonyl (C=O) groups is 1. The molecule has 0 spiro atoms. The fraction of sp³-hybridized carbons (Fsp3) is 0.238. The van der Waals surface area contributed by atoms with Crippen molar-refractivity contribution in [3.05, 3.63) is 64.0 Å². The van der Waals surface area contributed by atoms with Crippen molar-refractivity contribution in [2.75, 3.05) is 19.8 Å². The fourth-order valence-corrected chi connectivity index (χ4v) is 4.06. The lowest BCUT2D eigenvalue weighted by Gasteiger charge is -2.09. The van der Waals surface area contributed by atoms with Crippen molar-refractivity contribution in [3.63, 3.8) is 0 Å². The number of thiocarbonyl (C=S) groups is 1. The molecule has 0 aliphatic carbocycles. The lowest BCUT2D eigenvalue weighted by atomic mass is 10.2. The summed E-state index contributed by atoms with van der Waals surface area (Å²) in [5.74, 6) is 1.55. The molecule has 0 aromatic heterocycles. The molecule has 1 aliphatic rings. The lowest BCUT2D eigenvalue weighted by molar-refractivity contribution is -0.121. The molecule has 0 unspecified atom stereocenters. The van der Waals surface area contributed by atoms with E-state index in [-0.39, 0.29) is 5.91 Å². The second-order valence-electron chi connectivity index (χ2n) is 6.00. The van der Waals surface area contributed by atoms with Crippen molar-refractivity contribution in [1.29, 1.82) is 0 Å². The molecule has 0 saturated carbocycles. The summed E-state index contributed by atoms with van der Waals surface area (Å²) in [4.78, 5) is 14.5. The predicted octanol–water partition coefficient (Wildman–Crippen LogP) is 5.41. The van der Waals surface area contributed by atoms with Gasteiger partial charge in [-0.25, -0.2) is 0 Å². The number of rotatable bonds is 8. The third-order valence-corrected chi connectivity index (χ3v) is 5.64. The number of halogens is 1. The Kier molecular flexibility index (Phi) is 7.36. The van der Waals surface area contributed by atoms with E-state index >= 15 is 0 Å². The van der Waals surface area contributed by atoms with Gasteiger partial charge < -0.3 is 9.47 Å². The Balaban J connectivity index is 1.44. The van der Waals surface area contributed by atoms with E-state index in [1.807, 2.05) is 49.4 Å². The van der Waals surface area contributed by atoms with Crippen LogP contribution >= 0.6 is 35.6 Å². The van der Waals surface area contributed by atoms with Gasteiger partial charge in [-0.2, -0.15) is 0 Å². The second kappa shape index (κ2) is 9.96. The third-order valence-electron chi connectivity index (χ3n) is 4.01. The smallest absolute Gasteiger partial charge is 0.266 e. The second-order valence-corrected chi connectivity index (χ2v) is 8.11. The Hall–Kier alpha value is -2.02. The standard InChI is InChI=1S/C21H20ClNO3S2/c1-2-23-20(24)19(28-21(23)27)14-15-4-8-17(9-5-15)25-12-3-13-26-18-10-6-16(22)7-11-18/h4-11,14H,2-3,12-13H2,1H3/b19-14-. The Morgan fingerprint density at radius 2 is 1.61 bits per heavy atom. The molecule has 3 rings (SSSR count). The van der Waals surface area contributed by atoms with E-state index in [1.165, 1.54) is 11.8 Å². The van der Waals surface area contributed by atoms with Gasteiger partial charge in [-0.05, 0) is 55.0 Å². The summed E-state index contributed by atoms with van der Waals surface area (Å²) >= 11 is 12.4. The molecule has 0 radical (unpaired) electrons. The Labute approximate surface area is 179 Å². The molecule has 0 N–H and O–H groups in total. The summed E-state index contributed by atoms with van der Waals surface area (Å²) in [5, 5.41) is 0.691. The van der Waals surface area contributed by atoms with Crippen molar-refractivity contribution >= 4 is 51.9 Å². The van der Waals surface area contributed by atoms with Crippen LogP contribution < -0.4 is 9.47 Å². The lowest BCUT2D eigenvalue weighted by Crippen LogP contribution is -2.27. The molecule has 0 bridgehead atoms. The van der Waals surface area contributed by atoms with Gasteiger partial charge in [-0.15, -0.1) is 0 Å². The number of likely N-dealkylation sites (N-methyl/N-ethyl adjacent to an activating group) is 1. The largest absolute Gasteiger partial charge is 0.493 e. The highest BCUT2D eigenvalue weighted by Crippen LogP contribution is 2.32. The molecular formula is C21H20ClNO3S2. The highest BCUT2D eigenvalue weighted by atomic mass is 35.5. The monoisotopic (exact) mass is 433 g/mol. The Bertz CT molecular complexity index is 866. The molecule has 4 nitrogen and oxygen atoms in total. The molecule has 1 heterocycles. The first kappa shape index (κ1) is 20.7. The highest BCUT2D eigenvalue weighted by molar-refractivity contribution is 8.26. The van der Waals surface area contributed by atoms with Crippen molar-refractivity contribution < 1.29 is 14.3 Å². The molecule has 7 heteroatoms. The number of carbonyl (C=O) groups excluding carboxylic acids is 1. The zero-order valence-corrected chi connectivity index (χ0v) is 17.8. The van der Waals surface area contributed by atoms with E-state index in [4.69, 9.17) is 33.3 Å². The van der Waals surface area contributed by atoms with E-state index in [0.717, 1.165) is 23.5 Å². The number of amides is 1. The predicted molar refractivity (Wildman–Crippen MR) is 119 cm³/mol. The number of thioether (sulfide) groups is 1. The maximum atomic E-state index is 12.2. The molecular weight excluding hydrogens is 414 g/mol. The van der Waals surface area contributed by atoms with E-state index in [9.17, 15) is 4.79 Å². The zero-order valence-electron chi connectivity index (χ0n) is 15.4. The van der Waals surface area contributed by atoms with Crippen LogP contribution in [0.3, 0.4) is 0 Å². The van der Waals surface area contributed by atoms with Crippen LogP contribution in [0.2, 0.25) is 5.02 Å². The van der Waals surface area contributed by atoms with E-state index in [1.54, 1.807) is 17.0 Å². The van der Waals surface area contributed by atoms with Crippen molar-refractivity contribution in [2.45, 2.75) is 13.3 Å². The molecule has 0 atom stereocenters. The van der Waals surface area contributed by atoms with Gasteiger partial charge in [0.25, 0.3) is 5.91 Å². The van der Waals surface area contributed by atoms with Crippen LogP contribution in [0.4, 0.5) is 0 Å². The van der Waals surface area contributed by atoms with Gasteiger partial charge in [-0.1, -0.05) is 47.7 Å². The van der Waals surface area contributed by atoms with Crippen molar-refractivity contribution in [1.82, 2.24) is 4.90 Å². The van der Waals surface area contributed by atoms with Gasteiger partial charge in [0.2, 0.25) is 0 Å². The molecule has 1 aliphatic heterocycles. The number of nitrogens with zero attached hydrogens (tertiary/aromatic N) is 1. The van der Waals surface area contributed by atoms with Crippen molar-refractivity contribution in [3.8, 4) is 11.5 Å². The molecule has 1 fully saturated rings. The van der Waals surface area contributed by atoms with Gasteiger partial charge >= 0.3 is 0 Å². The molecule has 28 heavy (non-hydrogen) atoms. The van der Waals surface area contributed by atoms with Crippen LogP contribution in [0.25, 0.3) is 6.08 Å². The van der Waals surface area contributed by atoms with E-state index < -0.39 is 0 Å². The van der Waals surface area contributed by atoms with Gasteiger partial charge in [0, 0.05) is 18.0 Å². The summed E-state index contributed by atoms with van der Waals surface area (Å²) in [5.41, 5.74) is 0.940. The molecule has 1 amide bonds. The average molecular weight is 434 g/mol. The first-order valence-electron chi connectivity index (χ1n) is 8.93. The van der Waals surface area contributed by atoms with Crippen LogP contribution in [0.1, 0.15) is 18.9 Å². The van der Waals surface area contributed by atoms with E-state index in [2.05, 4.69) is 0 Å². The van der Waals surface area contributed by atoms with Crippen LogP contribution in [0.15, 0.2) is 53.4 Å². The van der Waals surface area contributed by atoms with Gasteiger partial charge in [-0.3, -0.25) is 9.69 Å². The first-order valence-corrected chi connectivity index (χ1v) is 10.5. The number of hydrogen-bond acceptors (Lipinski definition) is 5. The summed E-state index contributed by atoms with van der Waals surface area (Å²) < 4.78 is 12.0. The van der Waals surface area contributed by atoms with Gasteiger partial charge in [0.15, 0.2) is 0 Å². The van der Waals surface area contributed by atoms with Gasteiger partial charge in [0.05, 0.1) is 18.1 Å². The first-order chi connectivity index (χ1) is 13.6. The summed E-state index contributed by atoms with van der Waals surface area (Å²) in [7, 11) is 0. The number of benzene rings is 2. The molecule has 2 aromatic carbocycles.